The molecule has 6 nitrogen and oxygen atoms in total. The predicted octanol–water partition coefficient (Wildman–Crippen LogP) is 0.857. The van der Waals surface area contributed by atoms with Gasteiger partial charge in [-0.3, -0.25) is 10.1 Å². The van der Waals surface area contributed by atoms with Crippen molar-refractivity contribution in [2.45, 2.75) is 6.92 Å². The second kappa shape index (κ2) is 4.61. The van der Waals surface area contributed by atoms with Crippen molar-refractivity contribution in [1.82, 2.24) is 0 Å². The van der Waals surface area contributed by atoms with E-state index >= 15 is 0 Å². The maximum atomic E-state index is 10.6. The normalized spacial score (nSPS) is 10.0. The molecular formula is C9H12N2O4. The highest BCUT2D eigenvalue weighted by atomic mass is 16.6. The summed E-state index contributed by atoms with van der Waals surface area (Å²) in [5.41, 5.74) is 6.22. The maximum absolute atomic E-state index is 10.6. The number of nitrogens with zero attached hydrogens (tertiary/aromatic N) is 1. The zero-order chi connectivity index (χ0) is 11.4. The monoisotopic (exact) mass is 212 g/mol. The van der Waals surface area contributed by atoms with Gasteiger partial charge in [0, 0.05) is 6.07 Å². The summed E-state index contributed by atoms with van der Waals surface area (Å²) in [5.74, 6) is 0.354. The number of benzene rings is 1. The number of nitrogen functional groups attached to an aromatic ring is 1. The Hall–Kier alpha value is -1.82. The number of rotatable bonds is 4. The van der Waals surface area contributed by atoms with Crippen molar-refractivity contribution in [2.75, 3.05) is 18.9 Å². The first-order valence-corrected chi connectivity index (χ1v) is 4.35. The van der Waals surface area contributed by atoms with Gasteiger partial charge in [0.1, 0.15) is 12.4 Å². The molecule has 0 spiro atoms. The fourth-order valence-corrected chi connectivity index (χ4v) is 1.17. The topological polar surface area (TPSA) is 98.6 Å². The van der Waals surface area contributed by atoms with E-state index in [4.69, 9.17) is 15.6 Å². The van der Waals surface area contributed by atoms with Crippen molar-refractivity contribution in [3.8, 4) is 5.75 Å². The highest BCUT2D eigenvalue weighted by molar-refractivity contribution is 5.65. The van der Waals surface area contributed by atoms with E-state index in [1.54, 1.807) is 6.92 Å². The Labute approximate surface area is 86.4 Å². The number of nitro benzene ring substituents is 1. The number of hydrogen-bond acceptors (Lipinski definition) is 5. The van der Waals surface area contributed by atoms with Crippen LogP contribution in [0.5, 0.6) is 5.75 Å². The summed E-state index contributed by atoms with van der Waals surface area (Å²) in [7, 11) is 0. The van der Waals surface area contributed by atoms with Crippen LogP contribution in [0, 0.1) is 17.0 Å². The van der Waals surface area contributed by atoms with Gasteiger partial charge in [0.15, 0.2) is 0 Å². The summed E-state index contributed by atoms with van der Waals surface area (Å²) < 4.78 is 5.10. The third-order valence-corrected chi connectivity index (χ3v) is 1.99. The lowest BCUT2D eigenvalue weighted by atomic mass is 10.1. The first kappa shape index (κ1) is 11.3. The third-order valence-electron chi connectivity index (χ3n) is 1.99. The van der Waals surface area contributed by atoms with Crippen LogP contribution in [0.1, 0.15) is 5.56 Å². The van der Waals surface area contributed by atoms with Gasteiger partial charge in [-0.2, -0.15) is 0 Å². The van der Waals surface area contributed by atoms with Crippen LogP contribution in [0.25, 0.3) is 0 Å². The van der Waals surface area contributed by atoms with Gasteiger partial charge in [-0.15, -0.1) is 0 Å². The van der Waals surface area contributed by atoms with Gasteiger partial charge in [0.2, 0.25) is 0 Å². The molecule has 82 valence electrons. The fourth-order valence-electron chi connectivity index (χ4n) is 1.17. The molecule has 1 rings (SSSR count). The van der Waals surface area contributed by atoms with Crippen LogP contribution in [0.4, 0.5) is 11.4 Å². The van der Waals surface area contributed by atoms with Gasteiger partial charge < -0.3 is 15.6 Å². The zero-order valence-corrected chi connectivity index (χ0v) is 8.27. The van der Waals surface area contributed by atoms with Crippen molar-refractivity contribution >= 4 is 11.4 Å². The average molecular weight is 212 g/mol. The van der Waals surface area contributed by atoms with E-state index in [0.29, 0.717) is 11.3 Å². The molecule has 0 aromatic heterocycles. The molecule has 0 aliphatic rings. The summed E-state index contributed by atoms with van der Waals surface area (Å²) in [6.07, 6.45) is 0. The van der Waals surface area contributed by atoms with Crippen molar-refractivity contribution in [3.63, 3.8) is 0 Å². The Morgan fingerprint density at radius 1 is 1.60 bits per heavy atom. The average Bonchev–Trinajstić information content (AvgIpc) is 2.20. The number of nitrogens with two attached hydrogens (primary N) is 1. The van der Waals surface area contributed by atoms with Gasteiger partial charge in [-0.25, -0.2) is 0 Å². The van der Waals surface area contributed by atoms with Gasteiger partial charge in [-0.1, -0.05) is 0 Å². The molecule has 0 radical (unpaired) electrons. The molecule has 0 aliphatic heterocycles. The summed E-state index contributed by atoms with van der Waals surface area (Å²) in [5, 5.41) is 19.1. The van der Waals surface area contributed by atoms with Crippen LogP contribution in [-0.4, -0.2) is 23.2 Å². The Bertz CT molecular complexity index is 379. The molecule has 0 bridgehead atoms. The lowest BCUT2D eigenvalue weighted by Crippen LogP contribution is -2.05. The van der Waals surface area contributed by atoms with Crippen LogP contribution in [-0.2, 0) is 0 Å². The molecule has 6 heteroatoms. The molecule has 3 N–H and O–H groups in total. The predicted molar refractivity (Wildman–Crippen MR) is 54.8 cm³/mol. The summed E-state index contributed by atoms with van der Waals surface area (Å²) in [4.78, 5) is 10.1. The van der Waals surface area contributed by atoms with Gasteiger partial charge in [0.25, 0.3) is 5.69 Å². The molecule has 0 amide bonds. The van der Waals surface area contributed by atoms with Crippen molar-refractivity contribution in [3.05, 3.63) is 27.8 Å². The second-order valence-corrected chi connectivity index (χ2v) is 2.95. The van der Waals surface area contributed by atoms with Crippen LogP contribution < -0.4 is 10.5 Å². The largest absolute Gasteiger partial charge is 0.489 e. The molecule has 0 heterocycles. The lowest BCUT2D eigenvalue weighted by molar-refractivity contribution is -0.385. The quantitative estimate of drug-likeness (QED) is 0.438. The minimum absolute atomic E-state index is 0.0381. The molecule has 0 unspecified atom stereocenters. The minimum atomic E-state index is -0.498. The van der Waals surface area contributed by atoms with Crippen molar-refractivity contribution in [1.29, 1.82) is 0 Å². The smallest absolute Gasteiger partial charge is 0.274 e. The first-order valence-electron chi connectivity index (χ1n) is 4.35. The van der Waals surface area contributed by atoms with E-state index in [1.165, 1.54) is 12.1 Å². The number of anilines is 1. The van der Waals surface area contributed by atoms with Gasteiger partial charge in [0.05, 0.1) is 22.8 Å². The standard InChI is InChI=1S/C9H12N2O4/c1-6-7(11(13)14)2-3-8(9(6)10)15-5-4-12/h2-3,12H,4-5,10H2,1H3. The number of hydrogen-bond donors (Lipinski definition) is 2. The molecule has 0 fully saturated rings. The van der Waals surface area contributed by atoms with E-state index in [1.807, 2.05) is 0 Å². The Kier molecular flexibility index (Phi) is 3.46. The lowest BCUT2D eigenvalue weighted by Gasteiger charge is -2.09. The van der Waals surface area contributed by atoms with E-state index in [2.05, 4.69) is 0 Å². The molecule has 1 aromatic rings. The van der Waals surface area contributed by atoms with E-state index < -0.39 is 4.92 Å². The van der Waals surface area contributed by atoms with E-state index in [-0.39, 0.29) is 24.6 Å². The van der Waals surface area contributed by atoms with Crippen LogP contribution >= 0.6 is 0 Å². The molecular weight excluding hydrogens is 200 g/mol. The fraction of sp³-hybridized carbons (Fsp3) is 0.333. The zero-order valence-electron chi connectivity index (χ0n) is 8.27. The number of aliphatic hydroxyl groups excluding tert-OH is 1. The van der Waals surface area contributed by atoms with Gasteiger partial charge in [-0.05, 0) is 13.0 Å². The summed E-state index contributed by atoms with van der Waals surface area (Å²) in [6.45, 7) is 1.54. The van der Waals surface area contributed by atoms with Crippen LogP contribution in [0.15, 0.2) is 12.1 Å². The van der Waals surface area contributed by atoms with E-state index in [0.717, 1.165) is 0 Å². The number of aliphatic hydroxyl groups is 1. The summed E-state index contributed by atoms with van der Waals surface area (Å²) in [6, 6.07) is 2.76. The summed E-state index contributed by atoms with van der Waals surface area (Å²) >= 11 is 0. The Morgan fingerprint density at radius 2 is 2.27 bits per heavy atom. The third kappa shape index (κ3) is 2.35. The molecule has 0 saturated carbocycles. The number of nitro groups is 1. The highest BCUT2D eigenvalue weighted by Gasteiger charge is 2.15. The first-order chi connectivity index (χ1) is 7.07. The van der Waals surface area contributed by atoms with E-state index in [9.17, 15) is 10.1 Å². The molecule has 0 aliphatic carbocycles. The minimum Gasteiger partial charge on any atom is -0.489 e. The molecule has 0 atom stereocenters. The molecule has 15 heavy (non-hydrogen) atoms. The van der Waals surface area contributed by atoms with Gasteiger partial charge >= 0.3 is 0 Å². The molecule has 1 aromatic carbocycles. The second-order valence-electron chi connectivity index (χ2n) is 2.95. The Balaban J connectivity index is 3.04. The highest BCUT2D eigenvalue weighted by Crippen LogP contribution is 2.31. The Morgan fingerprint density at radius 3 is 2.80 bits per heavy atom. The SMILES string of the molecule is Cc1c([N+](=O)[O-])ccc(OCCO)c1N. The van der Waals surface area contributed by atoms with Crippen LogP contribution in [0.3, 0.4) is 0 Å². The van der Waals surface area contributed by atoms with Crippen molar-refractivity contribution < 1.29 is 14.8 Å². The number of ether oxygens (including phenoxy) is 1. The van der Waals surface area contributed by atoms with Crippen molar-refractivity contribution in [2.24, 2.45) is 0 Å². The van der Waals surface area contributed by atoms with Crippen LogP contribution in [0.2, 0.25) is 0 Å². The molecule has 0 saturated heterocycles. The maximum Gasteiger partial charge on any atom is 0.274 e.